The van der Waals surface area contributed by atoms with Gasteiger partial charge in [0.1, 0.15) is 11.6 Å². The van der Waals surface area contributed by atoms with E-state index in [1.165, 1.54) is 6.07 Å². The number of hydrogen-bond donors (Lipinski definition) is 0. The number of rotatable bonds is 5. The van der Waals surface area contributed by atoms with Crippen LogP contribution in [0.15, 0.2) is 16.6 Å². The normalized spacial score (nSPS) is 13.9. The molecule has 0 aliphatic rings. The van der Waals surface area contributed by atoms with Gasteiger partial charge in [0.05, 0.1) is 20.9 Å². The minimum Gasteiger partial charge on any atom is -0.321 e. The first kappa shape index (κ1) is 16.8. The van der Waals surface area contributed by atoms with Gasteiger partial charge >= 0.3 is 0 Å². The van der Waals surface area contributed by atoms with Crippen LogP contribution in [-0.4, -0.2) is 9.55 Å². The van der Waals surface area contributed by atoms with Crippen LogP contribution in [0, 0.1) is 5.82 Å². The Morgan fingerprint density at radius 1 is 1.29 bits per heavy atom. The second kappa shape index (κ2) is 6.25. The Morgan fingerprint density at radius 3 is 2.33 bits per heavy atom. The number of aromatic nitrogens is 2. The van der Waals surface area contributed by atoms with Crippen LogP contribution in [-0.2, 0) is 5.54 Å². The van der Waals surface area contributed by atoms with Gasteiger partial charge in [-0.15, -0.1) is 11.6 Å². The summed E-state index contributed by atoms with van der Waals surface area (Å²) in [5.74, 6) is 0.519. The predicted molar refractivity (Wildman–Crippen MR) is 90.5 cm³/mol. The summed E-state index contributed by atoms with van der Waals surface area (Å²) in [6.07, 6.45) is 2.95. The lowest BCUT2D eigenvalue weighted by Gasteiger charge is -2.35. The monoisotopic (exact) mass is 374 g/mol. The van der Waals surface area contributed by atoms with Crippen LogP contribution < -0.4 is 0 Å². The molecule has 2 nitrogen and oxygen atoms in total. The molecule has 1 atom stereocenters. The number of alkyl halides is 1. The van der Waals surface area contributed by atoms with Crippen molar-refractivity contribution < 1.29 is 4.39 Å². The van der Waals surface area contributed by atoms with E-state index in [-0.39, 0.29) is 16.7 Å². The molecule has 2 aromatic rings. The molecule has 0 bridgehead atoms. The zero-order chi connectivity index (χ0) is 15.8. The zero-order valence-electron chi connectivity index (χ0n) is 12.9. The molecular formula is C16H21BrClFN2. The quantitative estimate of drug-likeness (QED) is 0.572. The van der Waals surface area contributed by atoms with E-state index in [9.17, 15) is 4.39 Å². The van der Waals surface area contributed by atoms with Crippen LogP contribution in [0.3, 0.4) is 0 Å². The van der Waals surface area contributed by atoms with Crippen LogP contribution >= 0.6 is 27.5 Å². The largest absolute Gasteiger partial charge is 0.321 e. The van der Waals surface area contributed by atoms with E-state index in [0.717, 1.165) is 30.6 Å². The average Bonchev–Trinajstić information content (AvgIpc) is 2.82. The van der Waals surface area contributed by atoms with Crippen molar-refractivity contribution in [2.24, 2.45) is 0 Å². The fraction of sp³-hybridized carbons (Fsp3) is 0.562. The summed E-state index contributed by atoms with van der Waals surface area (Å²) < 4.78 is 16.5. The summed E-state index contributed by atoms with van der Waals surface area (Å²) in [5.41, 5.74) is 1.57. The average molecular weight is 376 g/mol. The topological polar surface area (TPSA) is 17.8 Å². The van der Waals surface area contributed by atoms with Crippen molar-refractivity contribution in [3.63, 3.8) is 0 Å². The van der Waals surface area contributed by atoms with Crippen molar-refractivity contribution in [2.45, 2.75) is 57.9 Å². The molecule has 0 amide bonds. The van der Waals surface area contributed by atoms with Gasteiger partial charge in [0, 0.05) is 11.6 Å². The van der Waals surface area contributed by atoms with E-state index < -0.39 is 0 Å². The first-order valence-electron chi connectivity index (χ1n) is 7.42. The molecular weight excluding hydrogens is 355 g/mol. The summed E-state index contributed by atoms with van der Waals surface area (Å²) in [4.78, 5) is 4.59. The highest BCUT2D eigenvalue weighted by Gasteiger charge is 2.32. The predicted octanol–water partition coefficient (Wildman–Crippen LogP) is 6.16. The maximum atomic E-state index is 13.8. The smallest absolute Gasteiger partial charge is 0.139 e. The van der Waals surface area contributed by atoms with Crippen LogP contribution in [0.2, 0.25) is 0 Å². The van der Waals surface area contributed by atoms with E-state index in [0.29, 0.717) is 9.99 Å². The van der Waals surface area contributed by atoms with Crippen molar-refractivity contribution in [2.75, 3.05) is 0 Å². The van der Waals surface area contributed by atoms with Crippen molar-refractivity contribution in [1.82, 2.24) is 9.55 Å². The molecule has 116 valence electrons. The van der Waals surface area contributed by atoms with Crippen molar-refractivity contribution in [3.05, 3.63) is 28.2 Å². The molecule has 0 fully saturated rings. The lowest BCUT2D eigenvalue weighted by molar-refractivity contribution is 0.251. The number of imidazole rings is 1. The maximum absolute atomic E-state index is 13.8. The molecule has 0 saturated heterocycles. The standard InChI is InChI=1S/C16H21BrClFN2/c1-5-16(6-2,7-3)21-14-8-11(17)12(19)9-13(14)20-15(21)10(4)18/h8-10H,5-7H2,1-4H3. The summed E-state index contributed by atoms with van der Waals surface area (Å²) >= 11 is 9.63. The Hall–Kier alpha value is -0.610. The molecule has 1 unspecified atom stereocenters. The molecule has 0 aliphatic heterocycles. The van der Waals surface area contributed by atoms with Gasteiger partial charge in [0.25, 0.3) is 0 Å². The highest BCUT2D eigenvalue weighted by molar-refractivity contribution is 9.10. The van der Waals surface area contributed by atoms with Crippen LogP contribution in [0.5, 0.6) is 0 Å². The Balaban J connectivity index is 2.86. The number of benzene rings is 1. The third-order valence-electron chi connectivity index (χ3n) is 4.53. The summed E-state index contributed by atoms with van der Waals surface area (Å²) in [6.45, 7) is 8.46. The first-order chi connectivity index (χ1) is 9.90. The van der Waals surface area contributed by atoms with E-state index >= 15 is 0 Å². The van der Waals surface area contributed by atoms with Gasteiger partial charge in [0.2, 0.25) is 0 Å². The molecule has 0 saturated carbocycles. The highest BCUT2D eigenvalue weighted by Crippen LogP contribution is 2.38. The van der Waals surface area contributed by atoms with Crippen LogP contribution in [0.4, 0.5) is 4.39 Å². The fourth-order valence-electron chi connectivity index (χ4n) is 3.08. The van der Waals surface area contributed by atoms with Crippen molar-refractivity contribution >= 4 is 38.6 Å². The SMILES string of the molecule is CCC(CC)(CC)n1c(C(C)Cl)nc2cc(F)c(Br)cc21. The van der Waals surface area contributed by atoms with Gasteiger partial charge < -0.3 is 4.57 Å². The Labute approximate surface area is 138 Å². The lowest BCUT2D eigenvalue weighted by Crippen LogP contribution is -2.33. The molecule has 1 aromatic heterocycles. The molecule has 0 N–H and O–H groups in total. The van der Waals surface area contributed by atoms with Gasteiger partial charge in [0.15, 0.2) is 0 Å². The van der Waals surface area contributed by atoms with Gasteiger partial charge in [-0.25, -0.2) is 9.37 Å². The summed E-state index contributed by atoms with van der Waals surface area (Å²) in [6, 6.07) is 3.29. The highest BCUT2D eigenvalue weighted by atomic mass is 79.9. The van der Waals surface area contributed by atoms with Gasteiger partial charge in [-0.2, -0.15) is 0 Å². The molecule has 5 heteroatoms. The van der Waals surface area contributed by atoms with Crippen molar-refractivity contribution in [1.29, 1.82) is 0 Å². The molecule has 0 spiro atoms. The lowest BCUT2D eigenvalue weighted by atomic mass is 9.89. The minimum atomic E-state index is -0.295. The second-order valence-electron chi connectivity index (χ2n) is 5.46. The summed E-state index contributed by atoms with van der Waals surface area (Å²) in [5, 5.41) is -0.219. The van der Waals surface area contributed by atoms with Gasteiger partial charge in [-0.1, -0.05) is 20.8 Å². The van der Waals surface area contributed by atoms with Gasteiger partial charge in [-0.3, -0.25) is 0 Å². The molecule has 1 aromatic carbocycles. The molecule has 21 heavy (non-hydrogen) atoms. The maximum Gasteiger partial charge on any atom is 0.139 e. The van der Waals surface area contributed by atoms with Crippen LogP contribution in [0.25, 0.3) is 11.0 Å². The number of hydrogen-bond acceptors (Lipinski definition) is 1. The third-order valence-corrected chi connectivity index (χ3v) is 5.33. The molecule has 0 aliphatic carbocycles. The second-order valence-corrected chi connectivity index (χ2v) is 6.97. The number of halogens is 3. The molecule has 0 radical (unpaired) electrons. The Bertz CT molecular complexity index is 639. The Kier molecular flexibility index (Phi) is 4.99. The van der Waals surface area contributed by atoms with E-state index in [1.54, 1.807) is 0 Å². The Morgan fingerprint density at radius 2 is 1.86 bits per heavy atom. The fourth-order valence-corrected chi connectivity index (χ4v) is 3.56. The molecule has 2 rings (SSSR count). The van der Waals surface area contributed by atoms with Gasteiger partial charge in [-0.05, 0) is 48.2 Å². The first-order valence-corrected chi connectivity index (χ1v) is 8.65. The zero-order valence-corrected chi connectivity index (χ0v) is 15.2. The van der Waals surface area contributed by atoms with E-state index in [4.69, 9.17) is 11.6 Å². The van der Waals surface area contributed by atoms with E-state index in [1.807, 2.05) is 13.0 Å². The third kappa shape index (κ3) is 2.72. The van der Waals surface area contributed by atoms with E-state index in [2.05, 4.69) is 46.3 Å². The number of nitrogens with zero attached hydrogens (tertiary/aromatic N) is 2. The molecule has 1 heterocycles. The number of fused-ring (bicyclic) bond motifs is 1. The van der Waals surface area contributed by atoms with Crippen LogP contribution in [0.1, 0.15) is 58.2 Å². The minimum absolute atomic E-state index is 0.0372. The van der Waals surface area contributed by atoms with Crippen molar-refractivity contribution in [3.8, 4) is 0 Å². The summed E-state index contributed by atoms with van der Waals surface area (Å²) in [7, 11) is 0.